The number of ether oxygens (including phenoxy) is 4. The van der Waals surface area contributed by atoms with Crippen molar-refractivity contribution >= 4 is 70.2 Å². The number of aliphatic hydroxyl groups is 4. The maximum atomic E-state index is 11.5. The average molecular weight is 1030 g/mol. The van der Waals surface area contributed by atoms with E-state index in [0.29, 0.717) is 89.4 Å². The van der Waals surface area contributed by atoms with Crippen molar-refractivity contribution in [1.29, 1.82) is 0 Å². The number of hydrogen-bond donors (Lipinski definition) is 10. The highest BCUT2D eigenvalue weighted by Gasteiger charge is 2.23. The predicted molar refractivity (Wildman–Crippen MR) is 277 cm³/mol. The average Bonchev–Trinajstić information content (AvgIpc) is 4.28. The van der Waals surface area contributed by atoms with Crippen molar-refractivity contribution in [3.63, 3.8) is 0 Å². The molecule has 5 heterocycles. The van der Waals surface area contributed by atoms with Crippen LogP contribution in [0.25, 0.3) is 90.9 Å². The van der Waals surface area contributed by atoms with Crippen LogP contribution in [0.4, 0.5) is 0 Å². The molecule has 3 aromatic heterocycles. The van der Waals surface area contributed by atoms with E-state index in [0.717, 1.165) is 0 Å². The molecule has 2 aliphatic rings. The molecule has 20 heteroatoms. The zero-order chi connectivity index (χ0) is 53.6. The molecule has 8 bridgehead atoms. The molecule has 4 unspecified atom stereocenters. The summed E-state index contributed by atoms with van der Waals surface area (Å²) in [5.41, 5.74) is 8.54. The van der Waals surface area contributed by atoms with Crippen LogP contribution in [0.1, 0.15) is 22.8 Å². The predicted octanol–water partition coefficient (Wildman–Crippen LogP) is 6.62. The van der Waals surface area contributed by atoms with Gasteiger partial charge in [0.1, 0.15) is 49.4 Å². The molecule has 0 radical (unpaired) electrons. The first-order valence-electron chi connectivity index (χ1n) is 23.3. The number of aliphatic hydroxyl groups excluding tert-OH is 4. The summed E-state index contributed by atoms with van der Waals surface area (Å²) in [6.45, 7) is -2.13. The van der Waals surface area contributed by atoms with Gasteiger partial charge in [-0.2, -0.15) is 0 Å². The Bertz CT molecular complexity index is 3180. The van der Waals surface area contributed by atoms with Crippen molar-refractivity contribution < 1.29 is 79.0 Å². The Morgan fingerprint density at radius 2 is 0.592 bits per heavy atom. The molecule has 20 nitrogen and oxygen atoms in total. The van der Waals surface area contributed by atoms with Gasteiger partial charge in [0.25, 0.3) is 0 Å². The fourth-order valence-electron chi connectivity index (χ4n) is 8.37. The Labute approximate surface area is 430 Å². The van der Waals surface area contributed by atoms with Crippen LogP contribution in [0.15, 0.2) is 121 Å². The quantitative estimate of drug-likeness (QED) is 0.0383. The number of carboxylic acid groups (broad SMARTS) is 4. The maximum absolute atomic E-state index is 11.5. The van der Waals surface area contributed by atoms with Gasteiger partial charge in [-0.3, -0.25) is 0 Å². The number of carbonyl (C=O) groups is 4. The molecule has 0 spiro atoms. The number of fused-ring (bicyclic) bond motifs is 8. The van der Waals surface area contributed by atoms with Crippen LogP contribution in [0.5, 0.6) is 23.0 Å². The van der Waals surface area contributed by atoms with Crippen LogP contribution < -0.4 is 18.9 Å². The largest absolute Gasteiger partial charge is 0.490 e. The van der Waals surface area contributed by atoms with E-state index in [1.165, 1.54) is 0 Å². The van der Waals surface area contributed by atoms with Crippen molar-refractivity contribution in [2.24, 2.45) is 0 Å². The molecule has 2 aliphatic heterocycles. The molecular weight excluding hydrogens is 985 g/mol. The molecule has 9 rings (SSSR count). The van der Waals surface area contributed by atoms with Crippen LogP contribution >= 0.6 is 0 Å². The second kappa shape index (κ2) is 22.3. The number of benzene rings is 4. The summed E-state index contributed by atoms with van der Waals surface area (Å²) in [7, 11) is 0. The fraction of sp³-hybridized carbons (Fsp3) is 0.143. The molecular formula is C56H46N4O16. The Kier molecular flexibility index (Phi) is 15.0. The highest BCUT2D eigenvalue weighted by Crippen LogP contribution is 2.40. The van der Waals surface area contributed by atoms with E-state index in [2.05, 4.69) is 9.97 Å². The summed E-state index contributed by atoms with van der Waals surface area (Å²) < 4.78 is 23.0. The van der Waals surface area contributed by atoms with E-state index in [4.69, 9.17) is 28.9 Å². The van der Waals surface area contributed by atoms with Gasteiger partial charge in [-0.05, 0) is 119 Å². The van der Waals surface area contributed by atoms with E-state index in [9.17, 15) is 60.0 Å². The van der Waals surface area contributed by atoms with Crippen molar-refractivity contribution in [2.45, 2.75) is 24.4 Å². The number of hydrogen-bond acceptors (Lipinski definition) is 14. The summed E-state index contributed by atoms with van der Waals surface area (Å²) >= 11 is 0. The number of nitrogens with zero attached hydrogens (tertiary/aromatic N) is 2. The Morgan fingerprint density at radius 3 is 0.803 bits per heavy atom. The van der Waals surface area contributed by atoms with Crippen LogP contribution in [0, 0.1) is 0 Å². The summed E-state index contributed by atoms with van der Waals surface area (Å²) in [5, 5.41) is 77.6. The molecule has 7 aromatic rings. The zero-order valence-electron chi connectivity index (χ0n) is 39.7. The number of carboxylic acids is 4. The fourth-order valence-corrected chi connectivity index (χ4v) is 8.37. The third-order valence-electron chi connectivity index (χ3n) is 12.0. The van der Waals surface area contributed by atoms with Gasteiger partial charge >= 0.3 is 23.9 Å². The number of aromatic nitrogens is 4. The second-order valence-electron chi connectivity index (χ2n) is 17.3. The third-order valence-corrected chi connectivity index (χ3v) is 12.0. The molecule has 386 valence electrons. The Hall–Kier alpha value is -9.60. The second-order valence-corrected chi connectivity index (χ2v) is 17.3. The van der Waals surface area contributed by atoms with Gasteiger partial charge in [0.15, 0.2) is 24.4 Å². The van der Waals surface area contributed by atoms with E-state index >= 15 is 0 Å². The lowest BCUT2D eigenvalue weighted by atomic mass is 10.0. The van der Waals surface area contributed by atoms with E-state index in [-0.39, 0.29) is 23.0 Å². The number of nitrogens with one attached hydrogen (secondary N) is 2. The lowest BCUT2D eigenvalue weighted by molar-refractivity contribution is -0.148. The van der Waals surface area contributed by atoms with E-state index in [1.54, 1.807) is 72.8 Å². The van der Waals surface area contributed by atoms with Gasteiger partial charge in [0.2, 0.25) is 0 Å². The van der Waals surface area contributed by atoms with Gasteiger partial charge in [-0.1, -0.05) is 48.5 Å². The number of H-pyrrole nitrogens is 2. The van der Waals surface area contributed by atoms with Gasteiger partial charge < -0.3 is 69.8 Å². The molecule has 0 fully saturated rings. The molecule has 0 amide bonds. The first-order valence-corrected chi connectivity index (χ1v) is 23.3. The summed E-state index contributed by atoms with van der Waals surface area (Å²) in [5.74, 6) is -4.82. The first-order chi connectivity index (χ1) is 36.6. The maximum Gasteiger partial charge on any atom is 0.336 e. The first kappa shape index (κ1) is 51.3. The minimum absolute atomic E-state index is 0.250. The van der Waals surface area contributed by atoms with E-state index < -0.39 is 74.7 Å². The molecule has 76 heavy (non-hydrogen) atoms. The molecule has 4 aromatic carbocycles. The van der Waals surface area contributed by atoms with Crippen LogP contribution in [0.3, 0.4) is 0 Å². The number of aliphatic carboxylic acids is 4. The highest BCUT2D eigenvalue weighted by molar-refractivity contribution is 6.00. The Morgan fingerprint density at radius 1 is 0.368 bits per heavy atom. The van der Waals surface area contributed by atoms with Gasteiger partial charge in [0, 0.05) is 44.3 Å². The van der Waals surface area contributed by atoms with E-state index in [1.807, 2.05) is 72.8 Å². The van der Waals surface area contributed by atoms with Crippen molar-refractivity contribution in [1.82, 2.24) is 19.9 Å². The lowest BCUT2D eigenvalue weighted by Gasteiger charge is -2.12. The summed E-state index contributed by atoms with van der Waals surface area (Å²) in [4.78, 5) is 63.5. The summed E-state index contributed by atoms with van der Waals surface area (Å²) in [6, 6.07) is 34.6. The zero-order valence-corrected chi connectivity index (χ0v) is 39.7. The molecule has 0 saturated heterocycles. The minimum Gasteiger partial charge on any atom is -0.490 e. The molecule has 0 aliphatic carbocycles. The minimum atomic E-state index is -1.79. The van der Waals surface area contributed by atoms with Crippen molar-refractivity contribution in [3.05, 3.63) is 144 Å². The molecule has 4 atom stereocenters. The Balaban J connectivity index is 1.35. The van der Waals surface area contributed by atoms with Crippen LogP contribution in [0.2, 0.25) is 0 Å². The number of rotatable bonds is 20. The normalized spacial score (nSPS) is 13.3. The van der Waals surface area contributed by atoms with Crippen LogP contribution in [-0.2, 0) is 19.2 Å². The van der Waals surface area contributed by atoms with Gasteiger partial charge in [-0.25, -0.2) is 29.1 Å². The highest BCUT2D eigenvalue weighted by atomic mass is 16.5. The topological polar surface area (TPSA) is 324 Å². The number of aromatic amines is 2. The summed E-state index contributed by atoms with van der Waals surface area (Å²) in [6.07, 6.45) is 0.0785. The molecule has 0 saturated carbocycles. The monoisotopic (exact) mass is 1030 g/mol. The SMILES string of the molecule is O=C(O)C(O)COc1cccc(-c2c3nc(c(-c4cccc(OCC(O)C(=O)O)c4)c4ccc([nH]4)c(-c4cccc(OCC(O)C(=O)O)c4)c4nc(c(-c5cccc(OCC(O)C(=O)O)c5)c5ccc2[nH]5)C=C4)C=C3)c1. The third kappa shape index (κ3) is 11.4. The lowest BCUT2D eigenvalue weighted by Crippen LogP contribution is -2.26. The van der Waals surface area contributed by atoms with Crippen molar-refractivity contribution in [3.8, 4) is 67.5 Å². The standard InChI is InChI=1S/C56H46N4O16/c61-45(53(65)66)25-73-33-9-1-5-29(21-33)49-37-13-15-39(57-37)50(30-6-2-10-34(22-30)74-26-46(62)54(67)68)41-17-19-43(59-41)52(32-8-4-12-36(24-32)76-28-48(64)56(71)72)44-20-18-42(60-44)51(40-16-14-38(49)58-40)31-7-3-11-35(23-31)75-27-47(63)55(69)70/h1-24,45-48,57,60-64H,25-28H2,(H,65,66)(H,67,68)(H,69,70)(H,71,72). The molecule has 10 N–H and O–H groups in total. The van der Waals surface area contributed by atoms with Gasteiger partial charge in [0.05, 0.1) is 22.8 Å². The smallest absolute Gasteiger partial charge is 0.336 e. The van der Waals surface area contributed by atoms with Crippen LogP contribution in [-0.4, -0.2) is 136 Å². The van der Waals surface area contributed by atoms with Gasteiger partial charge in [-0.15, -0.1) is 0 Å². The van der Waals surface area contributed by atoms with Crippen molar-refractivity contribution in [2.75, 3.05) is 26.4 Å².